The van der Waals surface area contributed by atoms with Gasteiger partial charge in [-0.25, -0.2) is 4.79 Å². The van der Waals surface area contributed by atoms with E-state index in [-0.39, 0.29) is 17.0 Å². The Balaban J connectivity index is 2.36. The number of hydrogen-bond acceptors (Lipinski definition) is 2. The lowest BCUT2D eigenvalue weighted by molar-refractivity contribution is -0.171. The molecule has 0 bridgehead atoms. The molecule has 0 N–H and O–H groups in total. The Labute approximate surface area is 124 Å². The fourth-order valence-corrected chi connectivity index (χ4v) is 4.57. The van der Waals surface area contributed by atoms with E-state index in [9.17, 15) is 4.79 Å². The van der Waals surface area contributed by atoms with Gasteiger partial charge < -0.3 is 4.74 Å². The molecule has 0 heterocycles. The maximum absolute atomic E-state index is 12.1. The van der Waals surface area contributed by atoms with E-state index in [2.05, 4.69) is 34.3 Å². The molecule has 114 valence electrons. The minimum absolute atomic E-state index is 0.0186. The van der Waals surface area contributed by atoms with Crippen LogP contribution < -0.4 is 0 Å². The van der Waals surface area contributed by atoms with Crippen LogP contribution in [-0.2, 0) is 9.53 Å². The second-order valence-electron chi connectivity index (χ2n) is 7.70. The normalized spacial score (nSPS) is 39.8. The van der Waals surface area contributed by atoms with Crippen LogP contribution in [0.3, 0.4) is 0 Å². The summed E-state index contributed by atoms with van der Waals surface area (Å²) in [7, 11) is 0. The molecule has 4 atom stereocenters. The molecule has 2 rings (SSSR count). The predicted molar refractivity (Wildman–Crippen MR) is 82.3 cm³/mol. The van der Waals surface area contributed by atoms with E-state index < -0.39 is 0 Å². The summed E-state index contributed by atoms with van der Waals surface area (Å²) in [5.74, 6) is 1.56. The van der Waals surface area contributed by atoms with Gasteiger partial charge >= 0.3 is 5.97 Å². The standard InChI is InChI=1S/C18H30O2/c1-12(2)16(19)20-18(6)15-11-9-7-8-10-14(15)13(3)17(18,4)5/h13-15H,1,7-11H2,2-6H3. The number of hydrogen-bond donors (Lipinski definition) is 0. The highest BCUT2D eigenvalue weighted by Gasteiger charge is 2.62. The summed E-state index contributed by atoms with van der Waals surface area (Å²) in [6, 6.07) is 0. The molecule has 2 nitrogen and oxygen atoms in total. The molecule has 2 aliphatic rings. The molecule has 2 aliphatic carbocycles. The number of rotatable bonds is 2. The van der Waals surface area contributed by atoms with Crippen LogP contribution in [0.2, 0.25) is 0 Å². The maximum Gasteiger partial charge on any atom is 0.333 e. The van der Waals surface area contributed by atoms with Crippen LogP contribution in [0.5, 0.6) is 0 Å². The smallest absolute Gasteiger partial charge is 0.333 e. The predicted octanol–water partition coefficient (Wildman–Crippen LogP) is 4.74. The van der Waals surface area contributed by atoms with Gasteiger partial charge in [0.05, 0.1) is 0 Å². The summed E-state index contributed by atoms with van der Waals surface area (Å²) in [6.07, 6.45) is 6.40. The average Bonchev–Trinajstić information content (AvgIpc) is 2.59. The number of fused-ring (bicyclic) bond motifs is 1. The van der Waals surface area contributed by atoms with Gasteiger partial charge in [0.1, 0.15) is 5.60 Å². The Morgan fingerprint density at radius 2 is 1.75 bits per heavy atom. The maximum atomic E-state index is 12.1. The van der Waals surface area contributed by atoms with Crippen LogP contribution in [0, 0.1) is 23.2 Å². The highest BCUT2D eigenvalue weighted by Crippen LogP contribution is 2.61. The third-order valence-electron chi connectivity index (χ3n) is 6.49. The first-order valence-corrected chi connectivity index (χ1v) is 8.10. The zero-order valence-corrected chi connectivity index (χ0v) is 13.8. The largest absolute Gasteiger partial charge is 0.455 e. The summed E-state index contributed by atoms with van der Waals surface area (Å²) in [5.41, 5.74) is 0.161. The minimum atomic E-state index is -0.364. The number of carbonyl (C=O) groups excluding carboxylic acids is 1. The Bertz CT molecular complexity index is 410. The fourth-order valence-electron chi connectivity index (χ4n) is 4.57. The van der Waals surface area contributed by atoms with Crippen LogP contribution in [0.25, 0.3) is 0 Å². The van der Waals surface area contributed by atoms with Gasteiger partial charge in [0, 0.05) is 16.9 Å². The van der Waals surface area contributed by atoms with Gasteiger partial charge in [-0.1, -0.05) is 46.6 Å². The Kier molecular flexibility index (Phi) is 4.05. The van der Waals surface area contributed by atoms with Crippen molar-refractivity contribution in [3.05, 3.63) is 12.2 Å². The topological polar surface area (TPSA) is 26.3 Å². The summed E-state index contributed by atoms with van der Waals surface area (Å²) < 4.78 is 6.03. The van der Waals surface area contributed by atoms with E-state index in [1.807, 2.05) is 0 Å². The lowest BCUT2D eigenvalue weighted by atomic mass is 9.71. The molecule has 0 aromatic carbocycles. The van der Waals surface area contributed by atoms with Crippen LogP contribution in [0.1, 0.15) is 66.7 Å². The van der Waals surface area contributed by atoms with Crippen molar-refractivity contribution in [1.82, 2.24) is 0 Å². The van der Waals surface area contributed by atoms with Crippen molar-refractivity contribution < 1.29 is 9.53 Å². The van der Waals surface area contributed by atoms with Crippen molar-refractivity contribution in [2.45, 2.75) is 72.3 Å². The first-order chi connectivity index (χ1) is 9.22. The Morgan fingerprint density at radius 3 is 2.35 bits per heavy atom. The van der Waals surface area contributed by atoms with E-state index in [1.165, 1.54) is 32.1 Å². The molecule has 0 aromatic heterocycles. The van der Waals surface area contributed by atoms with E-state index in [0.717, 1.165) is 0 Å². The average molecular weight is 278 g/mol. The van der Waals surface area contributed by atoms with Gasteiger partial charge in [-0.15, -0.1) is 0 Å². The van der Waals surface area contributed by atoms with E-state index in [4.69, 9.17) is 4.74 Å². The Hall–Kier alpha value is -0.790. The van der Waals surface area contributed by atoms with Gasteiger partial charge in [-0.05, 0) is 38.5 Å². The zero-order chi connectivity index (χ0) is 15.1. The molecule has 2 heteroatoms. The second-order valence-corrected chi connectivity index (χ2v) is 7.70. The van der Waals surface area contributed by atoms with Crippen molar-refractivity contribution in [3.63, 3.8) is 0 Å². The molecule has 0 amide bonds. The van der Waals surface area contributed by atoms with Crippen molar-refractivity contribution in [2.24, 2.45) is 23.2 Å². The summed E-state index contributed by atoms with van der Waals surface area (Å²) in [6.45, 7) is 14.5. The third-order valence-corrected chi connectivity index (χ3v) is 6.49. The van der Waals surface area contributed by atoms with E-state index in [0.29, 0.717) is 23.3 Å². The molecular formula is C18H30O2. The first kappa shape index (κ1) is 15.6. The van der Waals surface area contributed by atoms with Crippen LogP contribution in [0.15, 0.2) is 12.2 Å². The fraction of sp³-hybridized carbons (Fsp3) is 0.833. The van der Waals surface area contributed by atoms with Crippen molar-refractivity contribution >= 4 is 5.97 Å². The van der Waals surface area contributed by atoms with Gasteiger partial charge in [0.2, 0.25) is 0 Å². The summed E-state index contributed by atoms with van der Waals surface area (Å²) in [5, 5.41) is 0. The lowest BCUT2D eigenvalue weighted by Gasteiger charge is -2.43. The number of ether oxygens (including phenoxy) is 1. The zero-order valence-electron chi connectivity index (χ0n) is 13.8. The molecule has 0 aromatic rings. The molecule has 0 radical (unpaired) electrons. The summed E-state index contributed by atoms with van der Waals surface area (Å²) >= 11 is 0. The number of carbonyl (C=O) groups is 1. The van der Waals surface area contributed by atoms with Gasteiger partial charge in [0.15, 0.2) is 0 Å². The van der Waals surface area contributed by atoms with Gasteiger partial charge in [-0.2, -0.15) is 0 Å². The molecule has 4 unspecified atom stereocenters. The third kappa shape index (κ3) is 2.21. The quantitative estimate of drug-likeness (QED) is 0.539. The second kappa shape index (κ2) is 5.20. The highest BCUT2D eigenvalue weighted by atomic mass is 16.6. The molecule has 2 saturated carbocycles. The van der Waals surface area contributed by atoms with E-state index in [1.54, 1.807) is 6.92 Å². The van der Waals surface area contributed by atoms with Crippen LogP contribution >= 0.6 is 0 Å². The van der Waals surface area contributed by atoms with Gasteiger partial charge in [0.25, 0.3) is 0 Å². The minimum Gasteiger partial charge on any atom is -0.455 e. The van der Waals surface area contributed by atoms with E-state index >= 15 is 0 Å². The number of esters is 1. The van der Waals surface area contributed by atoms with Crippen molar-refractivity contribution in [3.8, 4) is 0 Å². The lowest BCUT2D eigenvalue weighted by Crippen LogP contribution is -2.48. The molecular weight excluding hydrogens is 248 g/mol. The van der Waals surface area contributed by atoms with Gasteiger partial charge in [-0.3, -0.25) is 0 Å². The SMILES string of the molecule is C=C(C)C(=O)OC1(C)C2CCCCCC2C(C)C1(C)C. The molecule has 20 heavy (non-hydrogen) atoms. The van der Waals surface area contributed by atoms with Crippen LogP contribution in [0.4, 0.5) is 0 Å². The molecule has 0 saturated heterocycles. The summed E-state index contributed by atoms with van der Waals surface area (Å²) in [4.78, 5) is 12.1. The molecule has 0 spiro atoms. The van der Waals surface area contributed by atoms with Crippen LogP contribution in [-0.4, -0.2) is 11.6 Å². The van der Waals surface area contributed by atoms with Crippen molar-refractivity contribution in [1.29, 1.82) is 0 Å². The highest BCUT2D eigenvalue weighted by molar-refractivity contribution is 5.87. The Morgan fingerprint density at radius 1 is 1.15 bits per heavy atom. The molecule has 0 aliphatic heterocycles. The molecule has 2 fully saturated rings. The monoisotopic (exact) mass is 278 g/mol. The first-order valence-electron chi connectivity index (χ1n) is 8.10. The van der Waals surface area contributed by atoms with Crippen molar-refractivity contribution in [2.75, 3.05) is 0 Å².